The number of hydroxylamine groups is 1. The van der Waals surface area contributed by atoms with Crippen LogP contribution in [0.15, 0.2) is 42.5 Å². The molecule has 6 heteroatoms. The van der Waals surface area contributed by atoms with Crippen molar-refractivity contribution >= 4 is 17.5 Å². The van der Waals surface area contributed by atoms with Crippen molar-refractivity contribution in [3.8, 4) is 16.9 Å². The quantitative estimate of drug-likeness (QED) is 0.698. The third kappa shape index (κ3) is 4.26. The predicted molar refractivity (Wildman–Crippen MR) is 92.8 cm³/mol. The molecule has 3 N–H and O–H groups in total. The second-order valence-electron chi connectivity index (χ2n) is 5.73. The SMILES string of the molecule is CC(C)C(CO)ONC(=O)c1cc(-c2ccccc2)cc(Cl)c1O. The molecule has 2 aromatic rings. The van der Waals surface area contributed by atoms with Crippen molar-refractivity contribution in [3.05, 3.63) is 53.1 Å². The molecule has 0 aliphatic carbocycles. The third-order valence-corrected chi connectivity index (χ3v) is 3.93. The minimum absolute atomic E-state index is 0.00167. The standard InChI is InChI=1S/C18H20ClNO4/c1-11(2)16(10-21)24-20-18(23)14-8-13(9-15(19)17(14)22)12-6-4-3-5-7-12/h3-9,11,16,21-22H,10H2,1-2H3,(H,20,23). The van der Waals surface area contributed by atoms with Crippen LogP contribution < -0.4 is 5.48 Å². The van der Waals surface area contributed by atoms with E-state index < -0.39 is 12.0 Å². The van der Waals surface area contributed by atoms with E-state index in [4.69, 9.17) is 16.4 Å². The van der Waals surface area contributed by atoms with E-state index in [0.29, 0.717) is 5.56 Å². The van der Waals surface area contributed by atoms with Crippen molar-refractivity contribution in [2.75, 3.05) is 6.61 Å². The first-order chi connectivity index (χ1) is 11.4. The lowest BCUT2D eigenvalue weighted by molar-refractivity contribution is -0.0603. The van der Waals surface area contributed by atoms with Crippen LogP contribution in [0.2, 0.25) is 5.02 Å². The molecule has 2 rings (SSSR count). The number of aromatic hydroxyl groups is 1. The molecule has 1 amide bonds. The Labute approximate surface area is 145 Å². The Morgan fingerprint density at radius 3 is 2.46 bits per heavy atom. The lowest BCUT2D eigenvalue weighted by atomic mass is 10.0. The van der Waals surface area contributed by atoms with Gasteiger partial charge < -0.3 is 10.2 Å². The van der Waals surface area contributed by atoms with E-state index in [-0.39, 0.29) is 28.9 Å². The minimum Gasteiger partial charge on any atom is -0.506 e. The summed E-state index contributed by atoms with van der Waals surface area (Å²) in [6.07, 6.45) is -0.538. The molecule has 0 bridgehead atoms. The van der Waals surface area contributed by atoms with Crippen LogP contribution in [0.4, 0.5) is 0 Å². The Bertz CT molecular complexity index is 704. The van der Waals surface area contributed by atoms with Crippen LogP contribution in [0.3, 0.4) is 0 Å². The van der Waals surface area contributed by atoms with Gasteiger partial charge in [-0.05, 0) is 29.2 Å². The maximum atomic E-state index is 12.3. The molecule has 0 saturated heterocycles. The Balaban J connectivity index is 2.26. The Morgan fingerprint density at radius 1 is 1.21 bits per heavy atom. The molecule has 0 aliphatic rings. The Kier molecular flexibility index (Phi) is 6.20. The van der Waals surface area contributed by atoms with Crippen molar-refractivity contribution in [2.45, 2.75) is 20.0 Å². The molecule has 128 valence electrons. The summed E-state index contributed by atoms with van der Waals surface area (Å²) in [7, 11) is 0. The van der Waals surface area contributed by atoms with E-state index in [0.717, 1.165) is 5.56 Å². The van der Waals surface area contributed by atoms with Gasteiger partial charge in [0.15, 0.2) is 0 Å². The summed E-state index contributed by atoms with van der Waals surface area (Å²) in [5.74, 6) is -0.933. The highest BCUT2D eigenvalue weighted by atomic mass is 35.5. The highest BCUT2D eigenvalue weighted by Crippen LogP contribution is 2.33. The van der Waals surface area contributed by atoms with Crippen LogP contribution in [0, 0.1) is 5.92 Å². The van der Waals surface area contributed by atoms with E-state index in [9.17, 15) is 15.0 Å². The first-order valence-corrected chi connectivity index (χ1v) is 7.96. The largest absolute Gasteiger partial charge is 0.506 e. The summed E-state index contributed by atoms with van der Waals surface area (Å²) in [5.41, 5.74) is 3.83. The highest BCUT2D eigenvalue weighted by molar-refractivity contribution is 6.33. The summed E-state index contributed by atoms with van der Waals surface area (Å²) < 4.78 is 0. The number of carbonyl (C=O) groups is 1. The van der Waals surface area contributed by atoms with Gasteiger partial charge in [0, 0.05) is 0 Å². The molecule has 0 aromatic heterocycles. The fraction of sp³-hybridized carbons (Fsp3) is 0.278. The zero-order valence-electron chi connectivity index (χ0n) is 13.5. The van der Waals surface area contributed by atoms with E-state index >= 15 is 0 Å². The molecule has 1 unspecified atom stereocenters. The van der Waals surface area contributed by atoms with E-state index in [1.54, 1.807) is 12.1 Å². The van der Waals surface area contributed by atoms with Gasteiger partial charge in [0.25, 0.3) is 5.91 Å². The molecular formula is C18H20ClNO4. The third-order valence-electron chi connectivity index (χ3n) is 3.64. The second kappa shape index (κ2) is 8.15. The maximum Gasteiger partial charge on any atom is 0.278 e. The van der Waals surface area contributed by atoms with Gasteiger partial charge in [-0.25, -0.2) is 5.48 Å². The minimum atomic E-state index is -0.633. The van der Waals surface area contributed by atoms with Gasteiger partial charge in [-0.15, -0.1) is 0 Å². The van der Waals surface area contributed by atoms with E-state index in [1.165, 1.54) is 0 Å². The van der Waals surface area contributed by atoms with Crippen LogP contribution >= 0.6 is 11.6 Å². The molecule has 0 radical (unpaired) electrons. The van der Waals surface area contributed by atoms with Gasteiger partial charge in [0.2, 0.25) is 0 Å². The van der Waals surface area contributed by atoms with Crippen LogP contribution in [0.1, 0.15) is 24.2 Å². The van der Waals surface area contributed by atoms with Gasteiger partial charge in [-0.1, -0.05) is 55.8 Å². The van der Waals surface area contributed by atoms with Gasteiger partial charge in [-0.3, -0.25) is 9.63 Å². The fourth-order valence-electron chi connectivity index (χ4n) is 2.14. The van der Waals surface area contributed by atoms with Crippen molar-refractivity contribution in [1.82, 2.24) is 5.48 Å². The van der Waals surface area contributed by atoms with Crippen LogP contribution in [0.25, 0.3) is 11.1 Å². The number of benzene rings is 2. The van der Waals surface area contributed by atoms with E-state index in [2.05, 4.69) is 5.48 Å². The number of phenolic OH excluding ortho intramolecular Hbond substituents is 1. The topological polar surface area (TPSA) is 78.8 Å². The summed E-state index contributed by atoms with van der Waals surface area (Å²) >= 11 is 6.04. The maximum absolute atomic E-state index is 12.3. The molecule has 0 saturated carbocycles. The van der Waals surface area contributed by atoms with Gasteiger partial charge in [0.05, 0.1) is 17.2 Å². The lowest BCUT2D eigenvalue weighted by Gasteiger charge is -2.19. The fourth-order valence-corrected chi connectivity index (χ4v) is 2.36. The van der Waals surface area contributed by atoms with Crippen molar-refractivity contribution < 1.29 is 19.8 Å². The number of hydrogen-bond donors (Lipinski definition) is 3. The average molecular weight is 350 g/mol. The first-order valence-electron chi connectivity index (χ1n) is 7.58. The van der Waals surface area contributed by atoms with Gasteiger partial charge in [-0.2, -0.15) is 0 Å². The first kappa shape index (κ1) is 18.3. The predicted octanol–water partition coefficient (Wildman–Crippen LogP) is 3.39. The molecule has 0 spiro atoms. The molecule has 0 heterocycles. The van der Waals surface area contributed by atoms with Crippen molar-refractivity contribution in [2.24, 2.45) is 5.92 Å². The smallest absolute Gasteiger partial charge is 0.278 e. The van der Waals surface area contributed by atoms with Crippen LogP contribution in [0.5, 0.6) is 5.75 Å². The normalized spacial score (nSPS) is 12.2. The number of hydrogen-bond acceptors (Lipinski definition) is 4. The highest BCUT2D eigenvalue weighted by Gasteiger charge is 2.19. The number of halogens is 1. The number of aliphatic hydroxyl groups is 1. The van der Waals surface area contributed by atoms with E-state index in [1.807, 2.05) is 44.2 Å². The van der Waals surface area contributed by atoms with Crippen LogP contribution in [-0.2, 0) is 4.84 Å². The van der Waals surface area contributed by atoms with Gasteiger partial charge in [0.1, 0.15) is 11.9 Å². The zero-order chi connectivity index (χ0) is 17.7. The van der Waals surface area contributed by atoms with Crippen molar-refractivity contribution in [1.29, 1.82) is 0 Å². The number of nitrogens with one attached hydrogen (secondary N) is 1. The molecule has 5 nitrogen and oxygen atoms in total. The van der Waals surface area contributed by atoms with Crippen LogP contribution in [-0.4, -0.2) is 28.8 Å². The Morgan fingerprint density at radius 2 is 1.88 bits per heavy atom. The molecule has 1 atom stereocenters. The second-order valence-corrected chi connectivity index (χ2v) is 6.14. The molecule has 2 aromatic carbocycles. The number of rotatable bonds is 6. The molecule has 24 heavy (non-hydrogen) atoms. The lowest BCUT2D eigenvalue weighted by Crippen LogP contribution is -2.34. The number of aliphatic hydroxyl groups excluding tert-OH is 1. The monoisotopic (exact) mass is 349 g/mol. The molecule has 0 fully saturated rings. The number of phenols is 1. The number of carbonyl (C=O) groups excluding carboxylic acids is 1. The summed E-state index contributed by atoms with van der Waals surface area (Å²) in [6, 6.07) is 12.5. The molecular weight excluding hydrogens is 330 g/mol. The van der Waals surface area contributed by atoms with Crippen molar-refractivity contribution in [3.63, 3.8) is 0 Å². The molecule has 0 aliphatic heterocycles. The average Bonchev–Trinajstić information content (AvgIpc) is 2.58. The Hall–Kier alpha value is -2.08. The summed E-state index contributed by atoms with van der Waals surface area (Å²) in [6.45, 7) is 3.49. The van der Waals surface area contributed by atoms with Gasteiger partial charge >= 0.3 is 0 Å². The zero-order valence-corrected chi connectivity index (χ0v) is 14.2. The number of amides is 1. The summed E-state index contributed by atoms with van der Waals surface area (Å²) in [5, 5.41) is 19.4. The summed E-state index contributed by atoms with van der Waals surface area (Å²) in [4.78, 5) is 17.5.